The Morgan fingerprint density at radius 1 is 1.62 bits per heavy atom. The van der Waals surface area contributed by atoms with Gasteiger partial charge in [0.05, 0.1) is 0 Å². The summed E-state index contributed by atoms with van der Waals surface area (Å²) in [6.45, 7) is 1.33. The molecule has 1 atom stereocenters. The van der Waals surface area contributed by atoms with E-state index in [0.29, 0.717) is 0 Å². The van der Waals surface area contributed by atoms with E-state index in [4.69, 9.17) is 4.55 Å². The molecule has 0 aromatic heterocycles. The Hall–Kier alpha value is 0.680. The molecule has 0 amide bonds. The van der Waals surface area contributed by atoms with Crippen LogP contribution < -0.4 is 0 Å². The highest BCUT2D eigenvalue weighted by Gasteiger charge is 2.10. The Morgan fingerprint density at radius 3 is 1.75 bits per heavy atom. The van der Waals surface area contributed by atoms with Gasteiger partial charge in [-0.25, -0.2) is 0 Å². The van der Waals surface area contributed by atoms with Gasteiger partial charge in [-0.3, -0.25) is 4.55 Å². The molecule has 0 aliphatic heterocycles. The van der Waals surface area contributed by atoms with Crippen LogP contribution >= 0.6 is 28.3 Å². The lowest BCUT2D eigenvalue weighted by Crippen LogP contribution is -2.07. The van der Waals surface area contributed by atoms with E-state index in [1.54, 1.807) is 0 Å². The first kappa shape index (κ1) is 11.5. The van der Waals surface area contributed by atoms with E-state index < -0.39 is 14.3 Å². The topological polar surface area (TPSA) is 54.4 Å². The summed E-state index contributed by atoms with van der Waals surface area (Å²) < 4.78 is 26.8. The molecule has 0 heterocycles. The van der Waals surface area contributed by atoms with E-state index in [2.05, 4.69) is 15.9 Å². The average molecular weight is 225 g/mol. The van der Waals surface area contributed by atoms with Crippen LogP contribution in [0.2, 0.25) is 0 Å². The zero-order valence-electron chi connectivity index (χ0n) is 4.04. The van der Waals surface area contributed by atoms with Crippen LogP contribution in [0, 0.1) is 0 Å². The molecule has 0 bridgehead atoms. The summed E-state index contributed by atoms with van der Waals surface area (Å²) in [4.78, 5) is 0. The van der Waals surface area contributed by atoms with Crippen molar-refractivity contribution in [3.8, 4) is 0 Å². The Labute approximate surface area is 62.8 Å². The van der Waals surface area contributed by atoms with E-state index >= 15 is 0 Å². The zero-order chi connectivity index (χ0) is 6.08. The highest BCUT2D eigenvalue weighted by atomic mass is 79.9. The molecule has 0 rings (SSSR count). The van der Waals surface area contributed by atoms with Gasteiger partial charge in [0, 0.05) is 0 Å². The molecule has 6 heteroatoms. The summed E-state index contributed by atoms with van der Waals surface area (Å²) in [5.74, 6) is 0. The fourth-order valence-electron chi connectivity index (χ4n) is 0. The second-order valence-corrected chi connectivity index (χ2v) is 4.77. The lowest BCUT2D eigenvalue weighted by Gasteiger charge is -1.92. The van der Waals surface area contributed by atoms with Crippen molar-refractivity contribution in [2.45, 2.75) is 11.1 Å². The Kier molecular flexibility index (Phi) is 5.25. The van der Waals surface area contributed by atoms with Crippen molar-refractivity contribution in [2.75, 3.05) is 0 Å². The smallest absolute Gasteiger partial charge is 0.277 e. The molecule has 52 valence electrons. The van der Waals surface area contributed by atoms with Gasteiger partial charge in [-0.2, -0.15) is 8.42 Å². The quantitative estimate of drug-likeness (QED) is 0.536. The van der Waals surface area contributed by atoms with E-state index in [1.807, 2.05) is 0 Å². The van der Waals surface area contributed by atoms with Gasteiger partial charge in [0.15, 0.2) is 0 Å². The molecule has 0 aliphatic rings. The summed E-state index contributed by atoms with van der Waals surface area (Å²) in [7, 11) is -3.82. The third-order valence-electron chi connectivity index (χ3n) is 0.410. The summed E-state index contributed by atoms with van der Waals surface area (Å²) in [5.41, 5.74) is 0. The minimum absolute atomic E-state index is 0. The van der Waals surface area contributed by atoms with Crippen LogP contribution in [0.25, 0.3) is 0 Å². The van der Waals surface area contributed by atoms with E-state index in [-0.39, 0.29) is 12.4 Å². The van der Waals surface area contributed by atoms with Gasteiger partial charge in [0.2, 0.25) is 0 Å². The molecule has 0 radical (unpaired) electrons. The molecule has 0 saturated heterocycles. The minimum atomic E-state index is -3.82. The van der Waals surface area contributed by atoms with Gasteiger partial charge in [-0.05, 0) is 6.92 Å². The average Bonchev–Trinajstić information content (AvgIpc) is 1.31. The predicted molar refractivity (Wildman–Crippen MR) is 37.2 cm³/mol. The summed E-state index contributed by atoms with van der Waals surface area (Å²) in [5, 5.41) is 0. The van der Waals surface area contributed by atoms with Crippen molar-refractivity contribution >= 4 is 38.5 Å². The number of hydrogen-bond donors (Lipinski definition) is 1. The largest absolute Gasteiger partial charge is 0.285 e. The Bertz CT molecular complexity index is 139. The van der Waals surface area contributed by atoms with Crippen molar-refractivity contribution in [1.82, 2.24) is 0 Å². The third-order valence-corrected chi connectivity index (χ3v) is 2.65. The molecule has 0 fully saturated rings. The standard InChI is InChI=1S/C2H5BrO3S.ClH/c1-2(3)7(4,5)6;/h2H,1H3,(H,4,5,6);1H. The number of hydrogen-bond acceptors (Lipinski definition) is 2. The predicted octanol–water partition coefficient (Wildman–Crippen LogP) is 1.04. The second kappa shape index (κ2) is 3.66. The highest BCUT2D eigenvalue weighted by molar-refractivity contribution is 9.11. The molecule has 0 aromatic rings. The van der Waals surface area contributed by atoms with E-state index in [0.717, 1.165) is 0 Å². The van der Waals surface area contributed by atoms with Crippen LogP contribution in [0.4, 0.5) is 0 Å². The van der Waals surface area contributed by atoms with E-state index in [1.165, 1.54) is 6.92 Å². The highest BCUT2D eigenvalue weighted by Crippen LogP contribution is 2.03. The van der Waals surface area contributed by atoms with Gasteiger partial charge in [-0.1, -0.05) is 15.9 Å². The summed E-state index contributed by atoms with van der Waals surface area (Å²) >= 11 is 2.66. The first-order valence-corrected chi connectivity index (χ1v) is 3.97. The van der Waals surface area contributed by atoms with Gasteiger partial charge in [0.25, 0.3) is 10.1 Å². The summed E-state index contributed by atoms with van der Waals surface area (Å²) in [6.07, 6.45) is 0. The number of halogens is 2. The Morgan fingerprint density at radius 2 is 1.75 bits per heavy atom. The molecule has 1 N–H and O–H groups in total. The van der Waals surface area contributed by atoms with Crippen LogP contribution in [-0.4, -0.2) is 17.1 Å². The normalized spacial score (nSPS) is 14.4. The van der Waals surface area contributed by atoms with E-state index in [9.17, 15) is 8.42 Å². The molecule has 0 aromatic carbocycles. The number of rotatable bonds is 1. The van der Waals surface area contributed by atoms with Crippen LogP contribution in [0.1, 0.15) is 6.92 Å². The minimum Gasteiger partial charge on any atom is -0.285 e. The summed E-state index contributed by atoms with van der Waals surface area (Å²) in [6, 6.07) is 0. The Balaban J connectivity index is 0. The molecule has 3 nitrogen and oxygen atoms in total. The fraction of sp³-hybridized carbons (Fsp3) is 1.00. The van der Waals surface area contributed by atoms with Gasteiger partial charge in [-0.15, -0.1) is 12.4 Å². The van der Waals surface area contributed by atoms with Crippen LogP contribution in [0.3, 0.4) is 0 Å². The first-order chi connectivity index (χ1) is 2.94. The molecule has 0 spiro atoms. The maximum Gasteiger partial charge on any atom is 0.277 e. The van der Waals surface area contributed by atoms with Gasteiger partial charge in [0.1, 0.15) is 4.16 Å². The number of alkyl halides is 1. The maximum atomic E-state index is 9.84. The monoisotopic (exact) mass is 224 g/mol. The molecular formula is C2H6BrClO3S. The molecule has 0 aliphatic carbocycles. The van der Waals surface area contributed by atoms with Crippen LogP contribution in [0.5, 0.6) is 0 Å². The molecule has 1 unspecified atom stereocenters. The molecular weight excluding hydrogens is 219 g/mol. The van der Waals surface area contributed by atoms with Crippen molar-refractivity contribution in [3.05, 3.63) is 0 Å². The maximum absolute atomic E-state index is 9.84. The van der Waals surface area contributed by atoms with Crippen molar-refractivity contribution < 1.29 is 13.0 Å². The van der Waals surface area contributed by atoms with Gasteiger partial charge >= 0.3 is 0 Å². The SMILES string of the molecule is CC(Br)S(=O)(=O)O.Cl. The van der Waals surface area contributed by atoms with Crippen LogP contribution in [0.15, 0.2) is 0 Å². The molecule has 8 heavy (non-hydrogen) atoms. The van der Waals surface area contributed by atoms with Gasteiger partial charge < -0.3 is 0 Å². The fourth-order valence-corrected chi connectivity index (χ4v) is 0. The van der Waals surface area contributed by atoms with Crippen molar-refractivity contribution in [2.24, 2.45) is 0 Å². The third kappa shape index (κ3) is 4.83. The van der Waals surface area contributed by atoms with Crippen molar-refractivity contribution in [3.63, 3.8) is 0 Å². The van der Waals surface area contributed by atoms with Crippen LogP contribution in [-0.2, 0) is 10.1 Å². The second-order valence-electron chi connectivity index (χ2n) is 1.06. The lowest BCUT2D eigenvalue weighted by molar-refractivity contribution is 0.482. The first-order valence-electron chi connectivity index (χ1n) is 1.55. The zero-order valence-corrected chi connectivity index (χ0v) is 7.25. The lowest BCUT2D eigenvalue weighted by atomic mass is 11.0. The molecule has 0 saturated carbocycles. The van der Waals surface area contributed by atoms with Crippen molar-refractivity contribution in [1.29, 1.82) is 0 Å².